The maximum absolute atomic E-state index is 11.4. The molecule has 0 amide bonds. The highest BCUT2D eigenvalue weighted by molar-refractivity contribution is 7.90. The van der Waals surface area contributed by atoms with Crippen molar-refractivity contribution < 1.29 is 8.42 Å². The quantitative estimate of drug-likeness (QED) is 0.874. The summed E-state index contributed by atoms with van der Waals surface area (Å²) < 4.78 is 22.8. The van der Waals surface area contributed by atoms with Crippen LogP contribution in [0.5, 0.6) is 0 Å². The molecule has 1 N–H and O–H groups in total. The van der Waals surface area contributed by atoms with Crippen LogP contribution in [0.1, 0.15) is 19.8 Å². The zero-order valence-corrected chi connectivity index (χ0v) is 13.1. The highest BCUT2D eigenvalue weighted by Crippen LogP contribution is 2.15. The Morgan fingerprint density at radius 1 is 1.20 bits per heavy atom. The highest BCUT2D eigenvalue weighted by Gasteiger charge is 2.14. The lowest BCUT2D eigenvalue weighted by Crippen LogP contribution is -2.28. The highest BCUT2D eigenvalue weighted by atomic mass is 32.2. The molecule has 0 aromatic heterocycles. The third-order valence-corrected chi connectivity index (χ3v) is 4.83. The van der Waals surface area contributed by atoms with Crippen LogP contribution in [-0.4, -0.2) is 45.8 Å². The van der Waals surface area contributed by atoms with Gasteiger partial charge in [0.2, 0.25) is 0 Å². The Morgan fingerprint density at radius 2 is 1.80 bits per heavy atom. The van der Waals surface area contributed by atoms with Crippen LogP contribution in [0.3, 0.4) is 0 Å². The largest absolute Gasteiger partial charge is 0.385 e. The Bertz CT molecular complexity index is 519. The molecule has 1 aliphatic heterocycles. The SMILES string of the molecule is CC(CNc1ccc(S(C)(=O)=O)cc1)CN1CCCC1. The van der Waals surface area contributed by atoms with E-state index in [2.05, 4.69) is 17.1 Å². The maximum atomic E-state index is 11.4. The number of benzene rings is 1. The van der Waals surface area contributed by atoms with Gasteiger partial charge < -0.3 is 10.2 Å². The van der Waals surface area contributed by atoms with Crippen LogP contribution < -0.4 is 5.32 Å². The third kappa shape index (κ3) is 4.49. The van der Waals surface area contributed by atoms with Crippen molar-refractivity contribution >= 4 is 15.5 Å². The molecule has 5 heteroatoms. The topological polar surface area (TPSA) is 49.4 Å². The van der Waals surface area contributed by atoms with Crippen LogP contribution in [-0.2, 0) is 9.84 Å². The number of rotatable bonds is 6. The minimum Gasteiger partial charge on any atom is -0.385 e. The maximum Gasteiger partial charge on any atom is 0.175 e. The molecule has 1 aromatic carbocycles. The number of nitrogens with zero attached hydrogens (tertiary/aromatic N) is 1. The minimum atomic E-state index is -3.10. The van der Waals surface area contributed by atoms with Crippen molar-refractivity contribution in [3.63, 3.8) is 0 Å². The Morgan fingerprint density at radius 3 is 2.35 bits per heavy atom. The van der Waals surface area contributed by atoms with E-state index < -0.39 is 9.84 Å². The zero-order chi connectivity index (χ0) is 14.6. The van der Waals surface area contributed by atoms with Gasteiger partial charge in [-0.1, -0.05) is 6.92 Å². The van der Waals surface area contributed by atoms with Gasteiger partial charge in [-0.3, -0.25) is 0 Å². The van der Waals surface area contributed by atoms with Gasteiger partial charge in [0, 0.05) is 25.0 Å². The zero-order valence-electron chi connectivity index (χ0n) is 12.3. The van der Waals surface area contributed by atoms with Crippen molar-refractivity contribution in [2.24, 2.45) is 5.92 Å². The van der Waals surface area contributed by atoms with E-state index in [9.17, 15) is 8.42 Å². The molecule has 1 heterocycles. The van der Waals surface area contributed by atoms with Gasteiger partial charge in [0.1, 0.15) is 0 Å². The van der Waals surface area contributed by atoms with E-state index in [0.717, 1.165) is 18.8 Å². The van der Waals surface area contributed by atoms with Gasteiger partial charge in [-0.05, 0) is 56.1 Å². The summed E-state index contributed by atoms with van der Waals surface area (Å²) in [6.45, 7) is 6.75. The van der Waals surface area contributed by atoms with Crippen molar-refractivity contribution in [1.82, 2.24) is 4.90 Å². The average Bonchev–Trinajstić information content (AvgIpc) is 2.88. The molecule has 1 aromatic rings. The summed E-state index contributed by atoms with van der Waals surface area (Å²) in [7, 11) is -3.10. The molecule has 4 nitrogen and oxygen atoms in total. The van der Waals surface area contributed by atoms with Crippen molar-refractivity contribution in [2.45, 2.75) is 24.7 Å². The summed E-state index contributed by atoms with van der Waals surface area (Å²) in [4.78, 5) is 2.88. The van der Waals surface area contributed by atoms with E-state index >= 15 is 0 Å². The van der Waals surface area contributed by atoms with Gasteiger partial charge in [-0.2, -0.15) is 0 Å². The molecule has 0 aliphatic carbocycles. The Balaban J connectivity index is 1.81. The first-order chi connectivity index (χ1) is 9.45. The second-order valence-corrected chi connectivity index (χ2v) is 7.81. The number of hydrogen-bond acceptors (Lipinski definition) is 4. The summed E-state index contributed by atoms with van der Waals surface area (Å²) in [5, 5.41) is 3.38. The Labute approximate surface area is 122 Å². The lowest BCUT2D eigenvalue weighted by atomic mass is 10.1. The van der Waals surface area contributed by atoms with Crippen LogP contribution in [0.15, 0.2) is 29.2 Å². The van der Waals surface area contributed by atoms with Crippen LogP contribution in [0.25, 0.3) is 0 Å². The van der Waals surface area contributed by atoms with E-state index in [-0.39, 0.29) is 0 Å². The van der Waals surface area contributed by atoms with Crippen molar-refractivity contribution in [3.8, 4) is 0 Å². The monoisotopic (exact) mass is 296 g/mol. The van der Waals surface area contributed by atoms with Gasteiger partial charge >= 0.3 is 0 Å². The molecule has 1 unspecified atom stereocenters. The van der Waals surface area contributed by atoms with Crippen molar-refractivity contribution in [2.75, 3.05) is 37.8 Å². The second-order valence-electron chi connectivity index (χ2n) is 5.79. The predicted octanol–water partition coefficient (Wildman–Crippen LogP) is 2.23. The van der Waals surface area contributed by atoms with Gasteiger partial charge in [0.05, 0.1) is 4.90 Å². The molecule has 0 saturated carbocycles. The standard InChI is InChI=1S/C15H24N2O2S/c1-13(12-17-9-3-4-10-17)11-16-14-5-7-15(8-6-14)20(2,18)19/h5-8,13,16H,3-4,9-12H2,1-2H3. The van der Waals surface area contributed by atoms with Crippen LogP contribution in [0, 0.1) is 5.92 Å². The molecular weight excluding hydrogens is 272 g/mol. The summed E-state index contributed by atoms with van der Waals surface area (Å²) in [5.74, 6) is 0.586. The van der Waals surface area contributed by atoms with Gasteiger partial charge in [-0.25, -0.2) is 8.42 Å². The molecule has 1 saturated heterocycles. The number of likely N-dealkylation sites (tertiary alicyclic amines) is 1. The van der Waals surface area contributed by atoms with Gasteiger partial charge in [0.15, 0.2) is 9.84 Å². The second kappa shape index (κ2) is 6.59. The Hall–Kier alpha value is -1.07. The van der Waals surface area contributed by atoms with Crippen LogP contribution in [0.4, 0.5) is 5.69 Å². The fraction of sp³-hybridized carbons (Fsp3) is 0.600. The fourth-order valence-corrected chi connectivity index (χ4v) is 3.21. The predicted molar refractivity (Wildman–Crippen MR) is 82.9 cm³/mol. The lowest BCUT2D eigenvalue weighted by molar-refractivity contribution is 0.294. The molecule has 112 valence electrons. The fourth-order valence-electron chi connectivity index (χ4n) is 2.58. The minimum absolute atomic E-state index is 0.369. The molecule has 2 rings (SSSR count). The average molecular weight is 296 g/mol. The van der Waals surface area contributed by atoms with E-state index in [1.807, 2.05) is 12.1 Å². The van der Waals surface area contributed by atoms with Crippen molar-refractivity contribution in [3.05, 3.63) is 24.3 Å². The number of sulfone groups is 1. The molecule has 0 bridgehead atoms. The van der Waals surface area contributed by atoms with E-state index in [0.29, 0.717) is 10.8 Å². The number of nitrogens with one attached hydrogen (secondary N) is 1. The van der Waals surface area contributed by atoms with E-state index in [1.54, 1.807) is 12.1 Å². The number of anilines is 1. The molecule has 1 atom stereocenters. The molecular formula is C15H24N2O2S. The first kappa shape index (κ1) is 15.3. The van der Waals surface area contributed by atoms with Crippen LogP contribution in [0.2, 0.25) is 0 Å². The molecule has 0 radical (unpaired) electrons. The normalized spacial score (nSPS) is 18.1. The smallest absolute Gasteiger partial charge is 0.175 e. The first-order valence-electron chi connectivity index (χ1n) is 7.21. The number of hydrogen-bond donors (Lipinski definition) is 1. The lowest BCUT2D eigenvalue weighted by Gasteiger charge is -2.20. The van der Waals surface area contributed by atoms with Gasteiger partial charge in [0.25, 0.3) is 0 Å². The first-order valence-corrected chi connectivity index (χ1v) is 9.10. The summed E-state index contributed by atoms with van der Waals surface area (Å²) >= 11 is 0. The summed E-state index contributed by atoms with van der Waals surface area (Å²) in [5.41, 5.74) is 0.977. The third-order valence-electron chi connectivity index (χ3n) is 3.71. The molecule has 0 spiro atoms. The molecule has 20 heavy (non-hydrogen) atoms. The Kier molecular flexibility index (Phi) is 5.05. The summed E-state index contributed by atoms with van der Waals surface area (Å²) in [6.07, 6.45) is 3.88. The van der Waals surface area contributed by atoms with Crippen LogP contribution >= 0.6 is 0 Å². The molecule has 1 aliphatic rings. The van der Waals surface area contributed by atoms with E-state index in [4.69, 9.17) is 0 Å². The van der Waals surface area contributed by atoms with Crippen molar-refractivity contribution in [1.29, 1.82) is 0 Å². The van der Waals surface area contributed by atoms with E-state index in [1.165, 1.54) is 32.2 Å². The molecule has 1 fully saturated rings. The summed E-state index contributed by atoms with van der Waals surface area (Å²) in [6, 6.07) is 6.98. The van der Waals surface area contributed by atoms with Gasteiger partial charge in [-0.15, -0.1) is 0 Å².